The molecular formula is C31H31NO4S. The molecule has 0 spiro atoms. The quantitative estimate of drug-likeness (QED) is 0.261. The van der Waals surface area contributed by atoms with Crippen LogP contribution < -0.4 is 9.04 Å². The van der Waals surface area contributed by atoms with Crippen molar-refractivity contribution in [1.82, 2.24) is 0 Å². The van der Waals surface area contributed by atoms with Crippen LogP contribution in [-0.2, 0) is 26.7 Å². The van der Waals surface area contributed by atoms with Crippen molar-refractivity contribution < 1.29 is 17.9 Å². The van der Waals surface area contributed by atoms with Crippen LogP contribution in [0.3, 0.4) is 0 Å². The van der Waals surface area contributed by atoms with E-state index in [0.717, 1.165) is 21.9 Å². The number of aryl methyl sites for hydroxylation is 1. The molecule has 1 amide bonds. The summed E-state index contributed by atoms with van der Waals surface area (Å²) in [5, 5.41) is 0. The Balaban J connectivity index is 1.55. The summed E-state index contributed by atoms with van der Waals surface area (Å²) in [6.45, 7) is 5.89. The van der Waals surface area contributed by atoms with E-state index >= 15 is 0 Å². The molecule has 4 aromatic rings. The second kappa shape index (κ2) is 11.0. The first-order valence-corrected chi connectivity index (χ1v) is 13.7. The molecule has 0 fully saturated rings. The van der Waals surface area contributed by atoms with E-state index in [2.05, 4.69) is 26.0 Å². The maximum absolute atomic E-state index is 13.5. The third-order valence-corrected chi connectivity index (χ3v) is 8.28. The van der Waals surface area contributed by atoms with Gasteiger partial charge >= 0.3 is 0 Å². The Morgan fingerprint density at radius 3 is 1.86 bits per heavy atom. The lowest BCUT2D eigenvalue weighted by molar-refractivity contribution is -0.119. The van der Waals surface area contributed by atoms with Crippen LogP contribution in [0.2, 0.25) is 0 Å². The van der Waals surface area contributed by atoms with Crippen molar-refractivity contribution in [3.05, 3.63) is 126 Å². The predicted molar refractivity (Wildman–Crippen MR) is 147 cm³/mol. The lowest BCUT2D eigenvalue weighted by atomic mass is 9.78. The van der Waals surface area contributed by atoms with E-state index in [9.17, 15) is 13.2 Å². The number of anilines is 1. The number of amides is 1. The lowest BCUT2D eigenvalue weighted by Crippen LogP contribution is -2.40. The minimum Gasteiger partial charge on any atom is -0.484 e. The highest BCUT2D eigenvalue weighted by Crippen LogP contribution is 2.32. The summed E-state index contributed by atoms with van der Waals surface area (Å²) in [5.41, 5.74) is 3.40. The highest BCUT2D eigenvalue weighted by Gasteiger charge is 2.31. The van der Waals surface area contributed by atoms with Crippen LogP contribution in [-0.4, -0.2) is 20.9 Å². The molecule has 6 heteroatoms. The molecule has 190 valence electrons. The minimum absolute atomic E-state index is 0.0374. The molecule has 5 nitrogen and oxygen atoms in total. The van der Waals surface area contributed by atoms with Crippen LogP contribution in [0.4, 0.5) is 5.69 Å². The van der Waals surface area contributed by atoms with E-state index in [-0.39, 0.29) is 16.0 Å². The van der Waals surface area contributed by atoms with Crippen LogP contribution >= 0.6 is 0 Å². The second-order valence-corrected chi connectivity index (χ2v) is 11.1. The summed E-state index contributed by atoms with van der Waals surface area (Å²) in [6.07, 6.45) is 0.805. The molecule has 0 saturated carbocycles. The number of carbonyl (C=O) groups excluding carboxylic acids is 1. The second-order valence-electron chi connectivity index (χ2n) is 9.30. The van der Waals surface area contributed by atoms with Gasteiger partial charge in [-0.1, -0.05) is 93.6 Å². The SMILES string of the molecule is CCc1ccc(N(C(=O)COc2ccc(C(C)(C)c3ccccc3)cc2)S(=O)(=O)c2ccccc2)cc1. The number of rotatable bonds is 9. The molecule has 37 heavy (non-hydrogen) atoms. The van der Waals surface area contributed by atoms with E-state index in [4.69, 9.17) is 4.74 Å². The van der Waals surface area contributed by atoms with Crippen molar-refractivity contribution in [1.29, 1.82) is 0 Å². The largest absolute Gasteiger partial charge is 0.484 e. The molecule has 4 rings (SSSR count). The van der Waals surface area contributed by atoms with Gasteiger partial charge in [-0.15, -0.1) is 0 Å². The van der Waals surface area contributed by atoms with Gasteiger partial charge in [-0.2, -0.15) is 4.31 Å². The Labute approximate surface area is 219 Å². The fourth-order valence-electron chi connectivity index (χ4n) is 4.17. The first kappa shape index (κ1) is 26.2. The van der Waals surface area contributed by atoms with E-state index in [1.165, 1.54) is 17.7 Å². The van der Waals surface area contributed by atoms with Gasteiger partial charge in [0, 0.05) is 5.41 Å². The van der Waals surface area contributed by atoms with E-state index < -0.39 is 22.5 Å². The lowest BCUT2D eigenvalue weighted by Gasteiger charge is -2.26. The molecule has 0 aliphatic heterocycles. The molecule has 0 aliphatic rings. The van der Waals surface area contributed by atoms with Gasteiger partial charge < -0.3 is 4.74 Å². The van der Waals surface area contributed by atoms with Gasteiger partial charge in [-0.05, 0) is 59.5 Å². The van der Waals surface area contributed by atoms with Crippen LogP contribution in [0.25, 0.3) is 0 Å². The Kier molecular flexibility index (Phi) is 7.79. The smallest absolute Gasteiger partial charge is 0.278 e. The first-order chi connectivity index (χ1) is 17.7. The Morgan fingerprint density at radius 1 is 0.757 bits per heavy atom. The van der Waals surface area contributed by atoms with Crippen LogP contribution in [0.15, 0.2) is 114 Å². The zero-order chi connectivity index (χ0) is 26.5. The summed E-state index contributed by atoms with van der Waals surface area (Å²) in [5.74, 6) is -0.193. The van der Waals surface area contributed by atoms with Gasteiger partial charge in [-0.25, -0.2) is 8.42 Å². The molecule has 0 bridgehead atoms. The predicted octanol–water partition coefficient (Wildman–Crippen LogP) is 6.38. The van der Waals surface area contributed by atoms with Gasteiger partial charge in [0.25, 0.3) is 15.9 Å². The van der Waals surface area contributed by atoms with Crippen molar-refractivity contribution in [2.75, 3.05) is 10.9 Å². The first-order valence-electron chi connectivity index (χ1n) is 12.2. The van der Waals surface area contributed by atoms with E-state index in [1.54, 1.807) is 42.5 Å². The number of nitrogens with zero attached hydrogens (tertiary/aromatic N) is 1. The zero-order valence-electron chi connectivity index (χ0n) is 21.3. The third kappa shape index (κ3) is 5.75. The topological polar surface area (TPSA) is 63.7 Å². The monoisotopic (exact) mass is 513 g/mol. The summed E-state index contributed by atoms with van der Waals surface area (Å²) >= 11 is 0. The van der Waals surface area contributed by atoms with Crippen molar-refractivity contribution in [3.63, 3.8) is 0 Å². The van der Waals surface area contributed by atoms with Gasteiger partial charge in [0.1, 0.15) is 5.75 Å². The third-order valence-electron chi connectivity index (χ3n) is 6.52. The summed E-state index contributed by atoms with van der Waals surface area (Å²) in [7, 11) is -4.13. The van der Waals surface area contributed by atoms with Gasteiger partial charge in [0.05, 0.1) is 10.6 Å². The molecule has 0 unspecified atom stereocenters. The van der Waals surface area contributed by atoms with Crippen molar-refractivity contribution in [2.45, 2.75) is 37.5 Å². The summed E-state index contributed by atoms with van der Waals surface area (Å²) in [6, 6.07) is 32.7. The number of ether oxygens (including phenoxy) is 1. The van der Waals surface area contributed by atoms with Gasteiger partial charge in [0.15, 0.2) is 6.61 Å². The standard InChI is InChI=1S/C31H31NO4S/c1-4-24-15-19-27(20-16-24)32(37(34,35)29-13-9-6-10-14-29)30(33)23-36-28-21-17-26(18-22-28)31(2,3)25-11-7-5-8-12-25/h5-22H,4,23H2,1-3H3. The average Bonchev–Trinajstić information content (AvgIpc) is 2.93. The Hall–Kier alpha value is -3.90. The molecule has 0 aliphatic carbocycles. The highest BCUT2D eigenvalue weighted by atomic mass is 32.2. The van der Waals surface area contributed by atoms with Gasteiger partial charge in [0.2, 0.25) is 0 Å². The molecule has 0 atom stereocenters. The minimum atomic E-state index is -4.13. The van der Waals surface area contributed by atoms with Crippen LogP contribution in [0, 0.1) is 0 Å². The van der Waals surface area contributed by atoms with Crippen LogP contribution in [0.5, 0.6) is 5.75 Å². The maximum Gasteiger partial charge on any atom is 0.278 e. The normalized spacial score (nSPS) is 11.6. The number of carbonyl (C=O) groups is 1. The number of hydrogen-bond donors (Lipinski definition) is 0. The van der Waals surface area contributed by atoms with Crippen molar-refractivity contribution in [2.24, 2.45) is 0 Å². The van der Waals surface area contributed by atoms with Crippen molar-refractivity contribution in [3.8, 4) is 5.75 Å². The Morgan fingerprint density at radius 2 is 1.30 bits per heavy atom. The molecule has 0 aromatic heterocycles. The number of sulfonamides is 1. The van der Waals surface area contributed by atoms with E-state index in [1.807, 2.05) is 49.4 Å². The molecule has 4 aromatic carbocycles. The molecule has 0 N–H and O–H groups in total. The van der Waals surface area contributed by atoms with Gasteiger partial charge in [-0.3, -0.25) is 4.79 Å². The molecule has 0 heterocycles. The fraction of sp³-hybridized carbons (Fsp3) is 0.194. The molecule has 0 radical (unpaired) electrons. The van der Waals surface area contributed by atoms with Crippen LogP contribution in [0.1, 0.15) is 37.5 Å². The Bertz CT molecular complexity index is 1430. The fourth-order valence-corrected chi connectivity index (χ4v) is 5.61. The van der Waals surface area contributed by atoms with E-state index in [0.29, 0.717) is 5.75 Å². The zero-order valence-corrected chi connectivity index (χ0v) is 22.1. The highest BCUT2D eigenvalue weighted by molar-refractivity contribution is 7.93. The molecular weight excluding hydrogens is 482 g/mol. The number of benzene rings is 4. The van der Waals surface area contributed by atoms with Crippen molar-refractivity contribution >= 4 is 21.6 Å². The summed E-state index contributed by atoms with van der Waals surface area (Å²) in [4.78, 5) is 13.4. The summed E-state index contributed by atoms with van der Waals surface area (Å²) < 4.78 is 33.6. The number of hydrogen-bond acceptors (Lipinski definition) is 4. The average molecular weight is 514 g/mol. The molecule has 0 saturated heterocycles. The maximum atomic E-state index is 13.5.